The summed E-state index contributed by atoms with van der Waals surface area (Å²) in [5.74, 6) is -1.99. The third kappa shape index (κ3) is 6.05. The zero-order valence-corrected chi connectivity index (χ0v) is 18.6. The van der Waals surface area contributed by atoms with Crippen LogP contribution in [0.3, 0.4) is 0 Å². The highest BCUT2D eigenvalue weighted by Crippen LogP contribution is 2.51. The fraction of sp³-hybridized carbons (Fsp3) is 0.826. The molecule has 0 aromatic heterocycles. The molecule has 2 aliphatic carbocycles. The Morgan fingerprint density at radius 2 is 1.71 bits per heavy atom. The average molecular weight is 439 g/mol. The van der Waals surface area contributed by atoms with Gasteiger partial charge in [0.1, 0.15) is 5.78 Å². The summed E-state index contributed by atoms with van der Waals surface area (Å²) in [6, 6.07) is 0. The van der Waals surface area contributed by atoms with Crippen LogP contribution in [0, 0.1) is 17.3 Å². The van der Waals surface area contributed by atoms with Gasteiger partial charge in [0.25, 0.3) is 0 Å². The van der Waals surface area contributed by atoms with Crippen molar-refractivity contribution in [3.8, 4) is 0 Å². The molecule has 0 spiro atoms. The van der Waals surface area contributed by atoms with Gasteiger partial charge in [-0.1, -0.05) is 25.7 Å². The number of esters is 3. The molecule has 8 nitrogen and oxygen atoms in total. The second-order valence-corrected chi connectivity index (χ2v) is 9.12. The first-order valence-corrected chi connectivity index (χ1v) is 11.5. The van der Waals surface area contributed by atoms with E-state index in [0.717, 1.165) is 44.9 Å². The maximum absolute atomic E-state index is 13.0. The van der Waals surface area contributed by atoms with Crippen LogP contribution in [0.5, 0.6) is 0 Å². The first-order chi connectivity index (χ1) is 14.8. The van der Waals surface area contributed by atoms with Gasteiger partial charge < -0.3 is 18.9 Å². The van der Waals surface area contributed by atoms with Gasteiger partial charge in [-0.3, -0.25) is 19.2 Å². The minimum Gasteiger partial charge on any atom is -0.465 e. The first kappa shape index (κ1) is 23.7. The second-order valence-electron chi connectivity index (χ2n) is 9.12. The molecule has 0 radical (unpaired) electrons. The third-order valence-electron chi connectivity index (χ3n) is 6.85. The molecule has 1 heterocycles. The number of Topliss-reactive ketones (excluding diaryl/α,β-unsaturated/α-hetero) is 1. The predicted octanol–water partition coefficient (Wildman–Crippen LogP) is 3.44. The molecule has 1 saturated heterocycles. The number of rotatable bonds is 6. The maximum Gasteiger partial charge on any atom is 0.308 e. The van der Waals surface area contributed by atoms with Gasteiger partial charge in [0, 0.05) is 26.7 Å². The Labute approximate surface area is 183 Å². The van der Waals surface area contributed by atoms with Crippen LogP contribution in [0.4, 0.5) is 0 Å². The molecule has 0 aromatic rings. The number of ketones is 1. The topological polar surface area (TPSA) is 105 Å². The van der Waals surface area contributed by atoms with E-state index in [9.17, 15) is 19.2 Å². The number of hydrogen-bond acceptors (Lipinski definition) is 8. The van der Waals surface area contributed by atoms with Crippen molar-refractivity contribution >= 4 is 23.7 Å². The van der Waals surface area contributed by atoms with E-state index in [4.69, 9.17) is 18.9 Å². The zero-order valence-electron chi connectivity index (χ0n) is 18.6. The Morgan fingerprint density at radius 1 is 1.00 bits per heavy atom. The molecule has 3 fully saturated rings. The molecule has 31 heavy (non-hydrogen) atoms. The molecule has 2 saturated carbocycles. The molecule has 3 rings (SSSR count). The van der Waals surface area contributed by atoms with Gasteiger partial charge in [0.15, 0.2) is 0 Å². The van der Waals surface area contributed by atoms with E-state index in [2.05, 4.69) is 0 Å². The van der Waals surface area contributed by atoms with Crippen molar-refractivity contribution in [3.05, 3.63) is 0 Å². The summed E-state index contributed by atoms with van der Waals surface area (Å²) < 4.78 is 22.0. The molecule has 4 atom stereocenters. The monoisotopic (exact) mass is 438 g/mol. The molecule has 3 aliphatic rings. The normalized spacial score (nSPS) is 31.8. The van der Waals surface area contributed by atoms with Crippen LogP contribution in [0.15, 0.2) is 0 Å². The highest BCUT2D eigenvalue weighted by molar-refractivity contribution is 5.83. The van der Waals surface area contributed by atoms with Crippen molar-refractivity contribution in [1.29, 1.82) is 0 Å². The number of carbonyl (C=O) groups excluding carboxylic acids is 4. The maximum atomic E-state index is 13.0. The lowest BCUT2D eigenvalue weighted by Crippen LogP contribution is -2.54. The summed E-state index contributed by atoms with van der Waals surface area (Å²) >= 11 is 0. The van der Waals surface area contributed by atoms with Crippen molar-refractivity contribution in [2.75, 3.05) is 6.61 Å². The molecule has 0 aromatic carbocycles. The Hall–Kier alpha value is -1.96. The molecule has 0 unspecified atom stereocenters. The summed E-state index contributed by atoms with van der Waals surface area (Å²) in [6.07, 6.45) is 6.31. The van der Waals surface area contributed by atoms with Crippen LogP contribution in [-0.2, 0) is 38.1 Å². The van der Waals surface area contributed by atoms with Gasteiger partial charge in [-0.15, -0.1) is 0 Å². The number of hydrogen-bond donors (Lipinski definition) is 0. The number of fused-ring (bicyclic) bond motifs is 1. The largest absolute Gasteiger partial charge is 0.465 e. The summed E-state index contributed by atoms with van der Waals surface area (Å²) in [5.41, 5.74) is -0.626. The summed E-state index contributed by atoms with van der Waals surface area (Å²) in [7, 11) is 0. The van der Waals surface area contributed by atoms with E-state index in [1.807, 2.05) is 0 Å². The molecule has 0 amide bonds. The van der Waals surface area contributed by atoms with Gasteiger partial charge in [-0.25, -0.2) is 0 Å². The Kier molecular flexibility index (Phi) is 8.08. The number of carbonyl (C=O) groups is 4. The predicted molar refractivity (Wildman–Crippen MR) is 108 cm³/mol. The van der Waals surface area contributed by atoms with Gasteiger partial charge in [0.2, 0.25) is 12.6 Å². The smallest absolute Gasteiger partial charge is 0.308 e. The Balaban J connectivity index is 1.77. The fourth-order valence-electron chi connectivity index (χ4n) is 5.41. The fourth-order valence-corrected chi connectivity index (χ4v) is 5.41. The number of ether oxygens (including phenoxy) is 4. The highest BCUT2D eigenvalue weighted by Gasteiger charge is 2.55. The lowest BCUT2D eigenvalue weighted by Gasteiger charge is -2.48. The van der Waals surface area contributed by atoms with Crippen LogP contribution in [-0.4, -0.2) is 42.9 Å². The van der Waals surface area contributed by atoms with Crippen molar-refractivity contribution < 1.29 is 38.1 Å². The zero-order chi connectivity index (χ0) is 22.4. The second kappa shape index (κ2) is 10.6. The van der Waals surface area contributed by atoms with Crippen molar-refractivity contribution in [2.45, 2.75) is 97.1 Å². The van der Waals surface area contributed by atoms with E-state index < -0.39 is 35.9 Å². The lowest BCUT2D eigenvalue weighted by atomic mass is 9.65. The van der Waals surface area contributed by atoms with E-state index in [1.165, 1.54) is 13.8 Å². The molecule has 1 aliphatic heterocycles. The van der Waals surface area contributed by atoms with E-state index in [0.29, 0.717) is 25.7 Å². The molecule has 0 bridgehead atoms. The molecule has 0 N–H and O–H groups in total. The van der Waals surface area contributed by atoms with E-state index in [-0.39, 0.29) is 24.3 Å². The summed E-state index contributed by atoms with van der Waals surface area (Å²) in [6.45, 7) is 2.72. The van der Waals surface area contributed by atoms with Gasteiger partial charge in [-0.05, 0) is 37.5 Å². The standard InChI is InChI=1S/C23H34O8/c1-15(24)29-19-14-23(12-13-28-21(27)17-8-4-3-5-9-17)11-7-6-10-18(26)20(23)22(31-19)30-16(2)25/h17,19-20,22H,3-14H2,1-2H3/t19-,20-,22-,23-/m1/s1. The average Bonchev–Trinajstić information content (AvgIpc) is 2.86. The van der Waals surface area contributed by atoms with Crippen molar-refractivity contribution in [3.63, 3.8) is 0 Å². The third-order valence-corrected chi connectivity index (χ3v) is 6.85. The molecular weight excluding hydrogens is 404 g/mol. The van der Waals surface area contributed by atoms with Crippen molar-refractivity contribution in [1.82, 2.24) is 0 Å². The quantitative estimate of drug-likeness (QED) is 0.459. The minimum atomic E-state index is -1.12. The molecular formula is C23H34O8. The molecule has 174 valence electrons. The van der Waals surface area contributed by atoms with Crippen LogP contribution >= 0.6 is 0 Å². The molecule has 8 heteroatoms. The van der Waals surface area contributed by atoms with Crippen LogP contribution < -0.4 is 0 Å². The van der Waals surface area contributed by atoms with E-state index >= 15 is 0 Å². The minimum absolute atomic E-state index is 0.0244. The summed E-state index contributed by atoms with van der Waals surface area (Å²) in [4.78, 5) is 48.8. The van der Waals surface area contributed by atoms with Gasteiger partial charge >= 0.3 is 17.9 Å². The van der Waals surface area contributed by atoms with Crippen LogP contribution in [0.2, 0.25) is 0 Å². The van der Waals surface area contributed by atoms with Crippen LogP contribution in [0.1, 0.15) is 84.5 Å². The van der Waals surface area contributed by atoms with E-state index in [1.54, 1.807) is 0 Å². The first-order valence-electron chi connectivity index (χ1n) is 11.5. The highest BCUT2D eigenvalue weighted by atomic mass is 16.8. The lowest BCUT2D eigenvalue weighted by molar-refractivity contribution is -0.294. The SMILES string of the molecule is CC(=O)O[C@H]1C[C@]2(CCOC(=O)C3CCCCC3)CCCCC(=O)[C@@H]2[C@H](OC(C)=O)O1. The van der Waals surface area contributed by atoms with Gasteiger partial charge in [0.05, 0.1) is 18.4 Å². The van der Waals surface area contributed by atoms with Gasteiger partial charge in [-0.2, -0.15) is 0 Å². The summed E-state index contributed by atoms with van der Waals surface area (Å²) in [5, 5.41) is 0. The Morgan fingerprint density at radius 3 is 2.39 bits per heavy atom. The van der Waals surface area contributed by atoms with Crippen LogP contribution in [0.25, 0.3) is 0 Å². The van der Waals surface area contributed by atoms with Crippen molar-refractivity contribution in [2.24, 2.45) is 17.3 Å². The Bertz CT molecular complexity index is 683.